The molecule has 0 bridgehead atoms. The molecule has 29 heavy (non-hydrogen) atoms. The lowest BCUT2D eigenvalue weighted by Gasteiger charge is -2.12. The molecule has 3 aromatic rings. The first-order chi connectivity index (χ1) is 14.0. The molecule has 0 aliphatic heterocycles. The molecule has 0 fully saturated rings. The van der Waals surface area contributed by atoms with Crippen LogP contribution in [-0.4, -0.2) is 23.8 Å². The number of benzene rings is 2. The average Bonchev–Trinajstić information content (AvgIpc) is 3.09. The van der Waals surface area contributed by atoms with Crippen molar-refractivity contribution in [3.63, 3.8) is 0 Å². The van der Waals surface area contributed by atoms with Crippen LogP contribution in [0, 0.1) is 6.92 Å². The van der Waals surface area contributed by atoms with Gasteiger partial charge in [-0.3, -0.25) is 5.43 Å². The number of ether oxygens (including phenoxy) is 2. The number of nitrogens with one attached hydrogen (secondary N) is 1. The highest BCUT2D eigenvalue weighted by atomic mass is 35.5. The smallest absolute Gasteiger partial charge is 0.345 e. The van der Waals surface area contributed by atoms with Gasteiger partial charge in [0.25, 0.3) is 0 Å². The highest BCUT2D eigenvalue weighted by Crippen LogP contribution is 2.30. The monoisotopic (exact) mass is 449 g/mol. The number of aryl methyl sites for hydroxylation is 1. The van der Waals surface area contributed by atoms with Crippen LogP contribution in [0.1, 0.15) is 28.5 Å². The van der Waals surface area contributed by atoms with Crippen molar-refractivity contribution in [1.82, 2.24) is 4.98 Å². The second-order valence-corrected chi connectivity index (χ2v) is 7.52. The van der Waals surface area contributed by atoms with Crippen molar-refractivity contribution in [2.45, 2.75) is 13.8 Å². The number of esters is 1. The van der Waals surface area contributed by atoms with Gasteiger partial charge in [-0.15, -0.1) is 11.3 Å². The average molecular weight is 450 g/mol. The lowest BCUT2D eigenvalue weighted by molar-refractivity contribution is 0.0728. The molecule has 1 N–H and O–H groups in total. The van der Waals surface area contributed by atoms with E-state index in [2.05, 4.69) is 15.5 Å². The fourth-order valence-corrected chi connectivity index (χ4v) is 3.46. The lowest BCUT2D eigenvalue weighted by Crippen LogP contribution is -2.10. The summed E-state index contributed by atoms with van der Waals surface area (Å²) in [4.78, 5) is 16.7. The van der Waals surface area contributed by atoms with Crippen LogP contribution >= 0.6 is 34.5 Å². The number of hydrogen-bond acceptors (Lipinski definition) is 7. The van der Waals surface area contributed by atoms with Gasteiger partial charge in [-0.25, -0.2) is 9.78 Å². The van der Waals surface area contributed by atoms with Crippen molar-refractivity contribution in [3.8, 4) is 11.5 Å². The van der Waals surface area contributed by atoms with Gasteiger partial charge in [0, 0.05) is 10.4 Å². The number of halogens is 2. The summed E-state index contributed by atoms with van der Waals surface area (Å²) < 4.78 is 11.1. The van der Waals surface area contributed by atoms with E-state index < -0.39 is 5.97 Å². The summed E-state index contributed by atoms with van der Waals surface area (Å²) in [5, 5.41) is 7.45. The molecule has 0 amide bonds. The Kier molecular flexibility index (Phi) is 7.09. The summed E-state index contributed by atoms with van der Waals surface area (Å²) in [6.07, 6.45) is 1.63. The number of carbonyl (C=O) groups is 1. The fraction of sp³-hybridized carbons (Fsp3) is 0.150. The number of aromatic nitrogens is 1. The topological polar surface area (TPSA) is 72.8 Å². The largest absolute Gasteiger partial charge is 0.490 e. The third kappa shape index (κ3) is 5.69. The maximum atomic E-state index is 12.5. The minimum Gasteiger partial charge on any atom is -0.490 e. The Morgan fingerprint density at radius 2 is 2.07 bits per heavy atom. The molecule has 0 atom stereocenters. The van der Waals surface area contributed by atoms with E-state index in [-0.39, 0.29) is 16.3 Å². The first-order valence-corrected chi connectivity index (χ1v) is 10.2. The van der Waals surface area contributed by atoms with Gasteiger partial charge >= 0.3 is 5.97 Å². The van der Waals surface area contributed by atoms with Crippen LogP contribution in [0.3, 0.4) is 0 Å². The molecule has 6 nitrogen and oxygen atoms in total. The zero-order chi connectivity index (χ0) is 20.8. The minimum atomic E-state index is -0.602. The lowest BCUT2D eigenvalue weighted by atomic mass is 10.2. The maximum Gasteiger partial charge on any atom is 0.345 e. The maximum absolute atomic E-state index is 12.5. The van der Waals surface area contributed by atoms with Crippen molar-refractivity contribution < 1.29 is 14.3 Å². The molecule has 0 aliphatic rings. The summed E-state index contributed by atoms with van der Waals surface area (Å²) in [6, 6.07) is 9.70. The molecular weight excluding hydrogens is 433 g/mol. The molecule has 2 aromatic carbocycles. The second-order valence-electron chi connectivity index (χ2n) is 5.82. The Balaban J connectivity index is 1.75. The molecule has 0 saturated heterocycles. The fourth-order valence-electron chi connectivity index (χ4n) is 2.33. The van der Waals surface area contributed by atoms with Crippen molar-refractivity contribution in [3.05, 3.63) is 68.6 Å². The van der Waals surface area contributed by atoms with Gasteiger partial charge in [0.05, 0.1) is 29.1 Å². The van der Waals surface area contributed by atoms with Gasteiger partial charge in [0.2, 0.25) is 5.13 Å². The summed E-state index contributed by atoms with van der Waals surface area (Å²) >= 11 is 13.4. The van der Waals surface area contributed by atoms with Crippen LogP contribution in [0.2, 0.25) is 10.0 Å². The molecule has 9 heteroatoms. The van der Waals surface area contributed by atoms with E-state index in [0.29, 0.717) is 22.5 Å². The summed E-state index contributed by atoms with van der Waals surface area (Å²) in [6.45, 7) is 4.16. The molecule has 0 spiro atoms. The summed E-state index contributed by atoms with van der Waals surface area (Å²) in [5.41, 5.74) is 4.78. The standard InChI is InChI=1S/C20H17Cl2N3O3S/c1-3-27-18-8-13(10-23-25-20-24-12(2)11-29-20)4-7-17(18)28-19(26)15-6-5-14(21)9-16(15)22/h4-11H,3H2,1-2H3,(H,24,25). The van der Waals surface area contributed by atoms with E-state index in [1.54, 1.807) is 30.5 Å². The Morgan fingerprint density at radius 1 is 1.24 bits per heavy atom. The Morgan fingerprint density at radius 3 is 2.76 bits per heavy atom. The molecule has 0 unspecified atom stereocenters. The van der Waals surface area contributed by atoms with E-state index >= 15 is 0 Å². The van der Waals surface area contributed by atoms with Gasteiger partial charge in [0.15, 0.2) is 11.5 Å². The van der Waals surface area contributed by atoms with E-state index in [9.17, 15) is 4.79 Å². The van der Waals surface area contributed by atoms with Gasteiger partial charge in [-0.1, -0.05) is 23.2 Å². The van der Waals surface area contributed by atoms with Gasteiger partial charge in [-0.05, 0) is 55.8 Å². The van der Waals surface area contributed by atoms with Gasteiger partial charge < -0.3 is 9.47 Å². The number of thiazole rings is 1. The van der Waals surface area contributed by atoms with Crippen LogP contribution in [-0.2, 0) is 0 Å². The molecule has 0 aliphatic carbocycles. The Hall–Kier alpha value is -2.61. The molecule has 1 heterocycles. The minimum absolute atomic E-state index is 0.215. The predicted octanol–water partition coefficient (Wildman–Crippen LogP) is 5.82. The van der Waals surface area contributed by atoms with Crippen LogP contribution in [0.25, 0.3) is 0 Å². The molecule has 150 valence electrons. The number of hydrazone groups is 1. The number of hydrogen-bond donors (Lipinski definition) is 1. The zero-order valence-electron chi connectivity index (χ0n) is 15.6. The van der Waals surface area contributed by atoms with Crippen molar-refractivity contribution >= 4 is 51.9 Å². The van der Waals surface area contributed by atoms with Crippen LogP contribution in [0.5, 0.6) is 11.5 Å². The second kappa shape index (κ2) is 9.73. The molecule has 1 aromatic heterocycles. The highest BCUT2D eigenvalue weighted by molar-refractivity contribution is 7.13. The number of nitrogens with zero attached hydrogens (tertiary/aromatic N) is 2. The molecular formula is C20H17Cl2N3O3S. The third-order valence-electron chi connectivity index (χ3n) is 3.61. The van der Waals surface area contributed by atoms with Crippen molar-refractivity contribution in [1.29, 1.82) is 0 Å². The third-order valence-corrected chi connectivity index (χ3v) is 5.03. The number of anilines is 1. The zero-order valence-corrected chi connectivity index (χ0v) is 17.9. The van der Waals surface area contributed by atoms with E-state index in [1.165, 1.54) is 23.5 Å². The van der Waals surface area contributed by atoms with E-state index in [4.69, 9.17) is 32.7 Å². The molecule has 3 rings (SSSR count). The Labute approximate surface area is 182 Å². The molecule has 0 radical (unpaired) electrons. The van der Waals surface area contributed by atoms with Crippen LogP contribution in [0.15, 0.2) is 46.9 Å². The van der Waals surface area contributed by atoms with Crippen molar-refractivity contribution in [2.75, 3.05) is 12.0 Å². The first-order valence-electron chi connectivity index (χ1n) is 8.61. The van der Waals surface area contributed by atoms with Crippen LogP contribution in [0.4, 0.5) is 5.13 Å². The van der Waals surface area contributed by atoms with Crippen molar-refractivity contribution in [2.24, 2.45) is 5.10 Å². The molecule has 0 saturated carbocycles. The van der Waals surface area contributed by atoms with E-state index in [0.717, 1.165) is 11.3 Å². The SMILES string of the molecule is CCOc1cc(C=NNc2nc(C)cs2)ccc1OC(=O)c1ccc(Cl)cc1Cl. The normalized spacial score (nSPS) is 10.9. The summed E-state index contributed by atoms with van der Waals surface area (Å²) in [7, 11) is 0. The van der Waals surface area contributed by atoms with E-state index in [1.807, 2.05) is 19.2 Å². The quantitative estimate of drug-likeness (QED) is 0.213. The number of carbonyl (C=O) groups excluding carboxylic acids is 1. The first kappa shape index (κ1) is 21.1. The van der Waals surface area contributed by atoms with Gasteiger partial charge in [-0.2, -0.15) is 5.10 Å². The Bertz CT molecular complexity index is 1050. The highest BCUT2D eigenvalue weighted by Gasteiger charge is 2.16. The predicted molar refractivity (Wildman–Crippen MR) is 117 cm³/mol. The van der Waals surface area contributed by atoms with Crippen LogP contribution < -0.4 is 14.9 Å². The summed E-state index contributed by atoms with van der Waals surface area (Å²) in [5.74, 6) is 0.0957. The number of rotatable bonds is 7. The van der Waals surface area contributed by atoms with Gasteiger partial charge in [0.1, 0.15) is 0 Å².